The molecule has 0 atom stereocenters. The van der Waals surface area contributed by atoms with Crippen LogP contribution < -0.4 is 9.47 Å². The van der Waals surface area contributed by atoms with E-state index in [-0.39, 0.29) is 5.78 Å². The summed E-state index contributed by atoms with van der Waals surface area (Å²) in [4.78, 5) is 11.7. The van der Waals surface area contributed by atoms with Gasteiger partial charge in [0.1, 0.15) is 17.1 Å². The van der Waals surface area contributed by atoms with E-state index < -0.39 is 0 Å². The van der Waals surface area contributed by atoms with Gasteiger partial charge in [0, 0.05) is 6.42 Å². The minimum Gasteiger partial charge on any atom is -0.496 e. The van der Waals surface area contributed by atoms with Crippen LogP contribution in [0, 0.1) is 6.92 Å². The van der Waals surface area contributed by atoms with Gasteiger partial charge in [0.2, 0.25) is 0 Å². The van der Waals surface area contributed by atoms with Crippen molar-refractivity contribution in [3.05, 3.63) is 23.3 Å². The Bertz CT molecular complexity index is 382. The Morgan fingerprint density at radius 2 is 2.21 bits per heavy atom. The molecule has 3 nitrogen and oxygen atoms in total. The molecular weight excluding hydrogens is 180 g/mol. The summed E-state index contributed by atoms with van der Waals surface area (Å²) in [6, 6.07) is 3.72. The maximum atomic E-state index is 11.7. The molecule has 0 unspecified atom stereocenters. The van der Waals surface area contributed by atoms with Crippen LogP contribution in [0.4, 0.5) is 0 Å². The number of aryl methyl sites for hydroxylation is 1. The van der Waals surface area contributed by atoms with E-state index in [1.54, 1.807) is 7.11 Å². The van der Waals surface area contributed by atoms with E-state index in [1.165, 1.54) is 0 Å². The van der Waals surface area contributed by atoms with E-state index in [9.17, 15) is 4.79 Å². The molecule has 0 radical (unpaired) electrons. The first-order valence-corrected chi connectivity index (χ1v) is 4.57. The molecule has 1 aromatic rings. The zero-order chi connectivity index (χ0) is 10.1. The Balaban J connectivity index is 2.63. The number of carbonyl (C=O) groups is 1. The van der Waals surface area contributed by atoms with E-state index in [1.807, 2.05) is 19.1 Å². The molecule has 0 amide bonds. The monoisotopic (exact) mass is 192 g/mol. The van der Waals surface area contributed by atoms with Gasteiger partial charge in [0.05, 0.1) is 13.7 Å². The molecule has 1 heterocycles. The molecule has 14 heavy (non-hydrogen) atoms. The number of carbonyl (C=O) groups excluding carboxylic acids is 1. The molecule has 0 saturated heterocycles. The maximum absolute atomic E-state index is 11.7. The van der Waals surface area contributed by atoms with Crippen molar-refractivity contribution in [2.45, 2.75) is 13.3 Å². The zero-order valence-corrected chi connectivity index (χ0v) is 8.29. The molecule has 1 aliphatic rings. The van der Waals surface area contributed by atoms with Crippen molar-refractivity contribution >= 4 is 5.78 Å². The van der Waals surface area contributed by atoms with Gasteiger partial charge in [-0.2, -0.15) is 0 Å². The fourth-order valence-electron chi connectivity index (χ4n) is 1.69. The third-order valence-corrected chi connectivity index (χ3v) is 2.39. The lowest BCUT2D eigenvalue weighted by molar-refractivity contribution is 0.0929. The molecule has 3 heteroatoms. The van der Waals surface area contributed by atoms with Gasteiger partial charge in [0.25, 0.3) is 0 Å². The topological polar surface area (TPSA) is 35.5 Å². The second-order valence-corrected chi connectivity index (χ2v) is 3.31. The molecule has 1 aliphatic heterocycles. The Morgan fingerprint density at radius 3 is 2.93 bits per heavy atom. The van der Waals surface area contributed by atoms with Gasteiger partial charge in [-0.25, -0.2) is 0 Å². The van der Waals surface area contributed by atoms with Gasteiger partial charge in [-0.3, -0.25) is 4.79 Å². The number of hydrogen-bond acceptors (Lipinski definition) is 3. The zero-order valence-electron chi connectivity index (χ0n) is 8.29. The van der Waals surface area contributed by atoms with Gasteiger partial charge >= 0.3 is 0 Å². The van der Waals surface area contributed by atoms with Crippen LogP contribution in [0.1, 0.15) is 22.3 Å². The van der Waals surface area contributed by atoms with Crippen LogP contribution in [-0.4, -0.2) is 19.5 Å². The summed E-state index contributed by atoms with van der Waals surface area (Å²) in [5.41, 5.74) is 1.56. The van der Waals surface area contributed by atoms with Crippen LogP contribution in [-0.2, 0) is 0 Å². The lowest BCUT2D eigenvalue weighted by atomic mass is 10.0. The van der Waals surface area contributed by atoms with Gasteiger partial charge < -0.3 is 9.47 Å². The summed E-state index contributed by atoms with van der Waals surface area (Å²) < 4.78 is 10.6. The van der Waals surface area contributed by atoms with Crippen molar-refractivity contribution < 1.29 is 14.3 Å². The highest BCUT2D eigenvalue weighted by atomic mass is 16.5. The Labute approximate surface area is 82.6 Å². The lowest BCUT2D eigenvalue weighted by Gasteiger charge is -2.19. The number of ether oxygens (including phenoxy) is 2. The quantitative estimate of drug-likeness (QED) is 0.682. The van der Waals surface area contributed by atoms with Gasteiger partial charge in [-0.05, 0) is 18.6 Å². The number of rotatable bonds is 1. The van der Waals surface area contributed by atoms with Crippen LogP contribution in [0.15, 0.2) is 12.1 Å². The number of methoxy groups -OCH3 is 1. The number of Topliss-reactive ketones (excluding diaryl/α,β-unsaturated/α-hetero) is 1. The first kappa shape index (κ1) is 9.06. The van der Waals surface area contributed by atoms with E-state index in [2.05, 4.69) is 0 Å². The summed E-state index contributed by atoms with van der Waals surface area (Å²) in [7, 11) is 1.57. The second-order valence-electron chi connectivity index (χ2n) is 3.31. The first-order valence-electron chi connectivity index (χ1n) is 4.57. The number of hydrogen-bond donors (Lipinski definition) is 0. The molecular formula is C11H12O3. The highest BCUT2D eigenvalue weighted by Gasteiger charge is 2.23. The molecule has 0 N–H and O–H groups in total. The summed E-state index contributed by atoms with van der Waals surface area (Å²) in [6.07, 6.45) is 0.437. The molecule has 0 saturated carbocycles. The molecule has 0 fully saturated rings. The van der Waals surface area contributed by atoms with Crippen molar-refractivity contribution in [3.63, 3.8) is 0 Å². The van der Waals surface area contributed by atoms with Crippen molar-refractivity contribution in [2.75, 3.05) is 13.7 Å². The summed E-state index contributed by atoms with van der Waals surface area (Å²) in [5.74, 6) is 1.39. The van der Waals surface area contributed by atoms with Gasteiger partial charge in [-0.1, -0.05) is 6.07 Å². The number of fused-ring (bicyclic) bond motifs is 1. The SMILES string of the molecule is COc1c(C)ccc2c1C(=O)CCO2. The normalized spacial score (nSPS) is 14.6. The molecule has 0 aromatic heterocycles. The average Bonchev–Trinajstić information content (AvgIpc) is 2.19. The number of benzene rings is 1. The largest absolute Gasteiger partial charge is 0.496 e. The standard InChI is InChI=1S/C11H12O3/c1-7-3-4-9-10(11(7)13-2)8(12)5-6-14-9/h3-4H,5-6H2,1-2H3. The molecule has 74 valence electrons. The van der Waals surface area contributed by atoms with Crippen LogP contribution in [0.2, 0.25) is 0 Å². The van der Waals surface area contributed by atoms with Crippen LogP contribution in [0.25, 0.3) is 0 Å². The Morgan fingerprint density at radius 1 is 1.43 bits per heavy atom. The summed E-state index contributed by atoms with van der Waals surface area (Å²) >= 11 is 0. The molecule has 1 aromatic carbocycles. The van der Waals surface area contributed by atoms with Crippen molar-refractivity contribution in [3.8, 4) is 11.5 Å². The summed E-state index contributed by atoms with van der Waals surface area (Å²) in [5, 5.41) is 0. The minimum atomic E-state index is 0.104. The van der Waals surface area contributed by atoms with Crippen molar-refractivity contribution in [2.24, 2.45) is 0 Å². The second kappa shape index (κ2) is 3.33. The van der Waals surface area contributed by atoms with E-state index in [4.69, 9.17) is 9.47 Å². The fourth-order valence-corrected chi connectivity index (χ4v) is 1.69. The lowest BCUT2D eigenvalue weighted by Crippen LogP contribution is -2.16. The molecule has 2 rings (SSSR count). The predicted octanol–water partition coefficient (Wildman–Crippen LogP) is 1.97. The van der Waals surface area contributed by atoms with Crippen LogP contribution in [0.5, 0.6) is 11.5 Å². The van der Waals surface area contributed by atoms with Crippen molar-refractivity contribution in [1.29, 1.82) is 0 Å². The highest BCUT2D eigenvalue weighted by Crippen LogP contribution is 2.35. The third-order valence-electron chi connectivity index (χ3n) is 2.39. The van der Waals surface area contributed by atoms with Gasteiger partial charge in [-0.15, -0.1) is 0 Å². The van der Waals surface area contributed by atoms with Crippen molar-refractivity contribution in [1.82, 2.24) is 0 Å². The van der Waals surface area contributed by atoms with Gasteiger partial charge in [0.15, 0.2) is 5.78 Å². The van der Waals surface area contributed by atoms with E-state index in [0.29, 0.717) is 30.1 Å². The Kier molecular flexibility index (Phi) is 2.15. The molecule has 0 aliphatic carbocycles. The molecule has 0 spiro atoms. The third kappa shape index (κ3) is 1.25. The highest BCUT2D eigenvalue weighted by molar-refractivity contribution is 6.02. The molecule has 0 bridgehead atoms. The van der Waals surface area contributed by atoms with E-state index >= 15 is 0 Å². The summed E-state index contributed by atoms with van der Waals surface area (Å²) in [6.45, 7) is 2.39. The fraction of sp³-hybridized carbons (Fsp3) is 0.364. The first-order chi connectivity index (χ1) is 6.74. The number of ketones is 1. The maximum Gasteiger partial charge on any atom is 0.173 e. The predicted molar refractivity (Wildman–Crippen MR) is 52.2 cm³/mol. The smallest absolute Gasteiger partial charge is 0.173 e. The average molecular weight is 192 g/mol. The Hall–Kier alpha value is -1.51. The minimum absolute atomic E-state index is 0.104. The van der Waals surface area contributed by atoms with E-state index in [0.717, 1.165) is 5.56 Å². The van der Waals surface area contributed by atoms with Crippen LogP contribution >= 0.6 is 0 Å². The van der Waals surface area contributed by atoms with Crippen LogP contribution in [0.3, 0.4) is 0 Å².